The number of amides is 1. The molecule has 132 valence electrons. The van der Waals surface area contributed by atoms with Gasteiger partial charge in [-0.1, -0.05) is 0 Å². The zero-order valence-corrected chi connectivity index (χ0v) is 14.1. The Morgan fingerprint density at radius 2 is 2.00 bits per heavy atom. The van der Waals surface area contributed by atoms with Gasteiger partial charge in [0.1, 0.15) is 6.10 Å². The maximum absolute atomic E-state index is 12.6. The van der Waals surface area contributed by atoms with Crippen molar-refractivity contribution in [2.24, 2.45) is 7.05 Å². The fourth-order valence-corrected chi connectivity index (χ4v) is 3.60. The Balaban J connectivity index is 1.67. The Kier molecular flexibility index (Phi) is 4.27. The summed E-state index contributed by atoms with van der Waals surface area (Å²) in [6.07, 6.45) is 2.27. The third kappa shape index (κ3) is 3.11. The number of aliphatic hydroxyl groups excluding tert-OH is 1. The molecular formula is C17H24N2O5. The van der Waals surface area contributed by atoms with Crippen molar-refractivity contribution in [3.05, 3.63) is 34.2 Å². The van der Waals surface area contributed by atoms with E-state index in [1.807, 2.05) is 0 Å². The fraction of sp³-hybridized carbons (Fsp3) is 0.647. The van der Waals surface area contributed by atoms with E-state index in [1.165, 1.54) is 10.6 Å². The summed E-state index contributed by atoms with van der Waals surface area (Å²) in [5, 5.41) is 20.1. The first-order chi connectivity index (χ1) is 11.2. The van der Waals surface area contributed by atoms with Gasteiger partial charge in [-0.15, -0.1) is 0 Å². The Morgan fingerprint density at radius 1 is 1.33 bits per heavy atom. The van der Waals surface area contributed by atoms with Crippen LogP contribution in [-0.4, -0.2) is 62.6 Å². The van der Waals surface area contributed by atoms with Gasteiger partial charge in [0, 0.05) is 38.8 Å². The summed E-state index contributed by atoms with van der Waals surface area (Å²) in [6, 6.07) is 2.94. The summed E-state index contributed by atoms with van der Waals surface area (Å²) >= 11 is 0. The lowest BCUT2D eigenvalue weighted by molar-refractivity contribution is -0.221. The molecule has 1 aromatic heterocycles. The van der Waals surface area contributed by atoms with Crippen LogP contribution in [0.4, 0.5) is 0 Å². The molecule has 0 radical (unpaired) electrons. The minimum Gasteiger partial charge on any atom is -0.388 e. The van der Waals surface area contributed by atoms with Crippen LogP contribution in [0.2, 0.25) is 0 Å². The molecule has 2 N–H and O–H groups in total. The fourth-order valence-electron chi connectivity index (χ4n) is 3.60. The first-order valence-corrected chi connectivity index (χ1v) is 8.23. The van der Waals surface area contributed by atoms with Crippen molar-refractivity contribution >= 4 is 5.91 Å². The molecule has 0 unspecified atom stereocenters. The number of nitrogens with zero attached hydrogens (tertiary/aromatic N) is 2. The molecule has 2 atom stereocenters. The molecule has 2 saturated heterocycles. The van der Waals surface area contributed by atoms with Crippen LogP contribution in [0.3, 0.4) is 0 Å². The van der Waals surface area contributed by atoms with E-state index in [0.29, 0.717) is 37.9 Å². The molecule has 1 spiro atoms. The third-order valence-corrected chi connectivity index (χ3v) is 5.24. The standard InChI is InChI=1S/C17H24N2O5/c1-16(23)11-17(24-10-13(16)20)5-7-19(8-6-17)15(22)12-3-4-14(21)18(2)9-12/h3-4,9,13,20,23H,5-8,10-11H2,1-2H3/t13-,16-/m0/s1. The number of aliphatic hydroxyl groups is 2. The lowest BCUT2D eigenvalue weighted by atomic mass is 9.76. The number of pyridine rings is 1. The Hall–Kier alpha value is -1.70. The van der Waals surface area contributed by atoms with E-state index in [1.54, 1.807) is 31.1 Å². The highest BCUT2D eigenvalue weighted by molar-refractivity contribution is 5.94. The number of aromatic nitrogens is 1. The number of ether oxygens (including phenoxy) is 1. The van der Waals surface area contributed by atoms with Crippen LogP contribution >= 0.6 is 0 Å². The molecule has 0 aliphatic carbocycles. The zero-order chi connectivity index (χ0) is 17.5. The topological polar surface area (TPSA) is 92.0 Å². The summed E-state index contributed by atoms with van der Waals surface area (Å²) in [5.74, 6) is -0.108. The van der Waals surface area contributed by atoms with Gasteiger partial charge in [-0.2, -0.15) is 0 Å². The molecule has 3 rings (SSSR count). The Morgan fingerprint density at radius 3 is 2.58 bits per heavy atom. The van der Waals surface area contributed by atoms with E-state index in [2.05, 4.69) is 0 Å². The summed E-state index contributed by atoms with van der Waals surface area (Å²) in [5.41, 5.74) is -1.31. The number of carbonyl (C=O) groups excluding carboxylic acids is 1. The van der Waals surface area contributed by atoms with Crippen LogP contribution in [-0.2, 0) is 11.8 Å². The Bertz CT molecular complexity index is 688. The molecule has 24 heavy (non-hydrogen) atoms. The zero-order valence-electron chi connectivity index (χ0n) is 14.1. The number of likely N-dealkylation sites (tertiary alicyclic amines) is 1. The number of hydrogen-bond donors (Lipinski definition) is 2. The quantitative estimate of drug-likeness (QED) is 0.747. The van der Waals surface area contributed by atoms with Gasteiger partial charge >= 0.3 is 0 Å². The van der Waals surface area contributed by atoms with Gasteiger partial charge in [0.15, 0.2) is 0 Å². The molecule has 7 nitrogen and oxygen atoms in total. The largest absolute Gasteiger partial charge is 0.388 e. The van der Waals surface area contributed by atoms with E-state index in [0.717, 1.165) is 0 Å². The predicted molar refractivity (Wildman–Crippen MR) is 86.8 cm³/mol. The average molecular weight is 336 g/mol. The molecule has 2 fully saturated rings. The lowest BCUT2D eigenvalue weighted by Gasteiger charge is -2.49. The first-order valence-electron chi connectivity index (χ1n) is 8.23. The van der Waals surface area contributed by atoms with Crippen molar-refractivity contribution in [2.45, 2.75) is 43.5 Å². The summed E-state index contributed by atoms with van der Waals surface area (Å²) in [6.45, 7) is 2.79. The summed E-state index contributed by atoms with van der Waals surface area (Å²) in [7, 11) is 1.62. The molecule has 1 amide bonds. The summed E-state index contributed by atoms with van der Waals surface area (Å²) < 4.78 is 7.22. The lowest BCUT2D eigenvalue weighted by Crippen LogP contribution is -2.59. The second-order valence-corrected chi connectivity index (χ2v) is 7.20. The molecule has 1 aromatic rings. The van der Waals surface area contributed by atoms with E-state index in [9.17, 15) is 19.8 Å². The van der Waals surface area contributed by atoms with Gasteiger partial charge in [0.05, 0.1) is 23.4 Å². The van der Waals surface area contributed by atoms with Gasteiger partial charge in [0.25, 0.3) is 5.91 Å². The van der Waals surface area contributed by atoms with Gasteiger partial charge in [-0.3, -0.25) is 9.59 Å². The van der Waals surface area contributed by atoms with Crippen LogP contribution in [0.25, 0.3) is 0 Å². The molecule has 7 heteroatoms. The normalized spacial score (nSPS) is 29.7. The maximum atomic E-state index is 12.6. The molecule has 2 aliphatic heterocycles. The van der Waals surface area contributed by atoms with Crippen molar-refractivity contribution in [3.63, 3.8) is 0 Å². The van der Waals surface area contributed by atoms with Crippen LogP contribution in [0.15, 0.2) is 23.1 Å². The maximum Gasteiger partial charge on any atom is 0.255 e. The van der Waals surface area contributed by atoms with Gasteiger partial charge in [-0.05, 0) is 25.8 Å². The SMILES string of the molecule is Cn1cc(C(=O)N2CCC3(CC2)C[C@](C)(O)[C@@H](O)CO3)ccc1=O. The van der Waals surface area contributed by atoms with Crippen molar-refractivity contribution in [3.8, 4) is 0 Å². The highest BCUT2D eigenvalue weighted by Gasteiger charge is 2.49. The molecule has 0 bridgehead atoms. The molecule has 2 aliphatic rings. The number of piperidine rings is 1. The second kappa shape index (κ2) is 5.98. The van der Waals surface area contributed by atoms with E-state index in [4.69, 9.17) is 4.74 Å². The number of hydrogen-bond acceptors (Lipinski definition) is 5. The number of carbonyl (C=O) groups is 1. The number of aryl methyl sites for hydroxylation is 1. The van der Waals surface area contributed by atoms with Crippen LogP contribution in [0.1, 0.15) is 36.5 Å². The van der Waals surface area contributed by atoms with E-state index in [-0.39, 0.29) is 18.1 Å². The molecular weight excluding hydrogens is 312 g/mol. The van der Waals surface area contributed by atoms with Gasteiger partial charge < -0.3 is 24.4 Å². The van der Waals surface area contributed by atoms with Crippen molar-refractivity contribution < 1.29 is 19.7 Å². The summed E-state index contributed by atoms with van der Waals surface area (Å²) in [4.78, 5) is 25.8. The molecule has 0 aromatic carbocycles. The highest BCUT2D eigenvalue weighted by atomic mass is 16.5. The molecule has 0 saturated carbocycles. The van der Waals surface area contributed by atoms with Crippen molar-refractivity contribution in [1.82, 2.24) is 9.47 Å². The smallest absolute Gasteiger partial charge is 0.255 e. The average Bonchev–Trinajstić information content (AvgIpc) is 2.54. The van der Waals surface area contributed by atoms with Crippen molar-refractivity contribution in [2.75, 3.05) is 19.7 Å². The van der Waals surface area contributed by atoms with E-state index < -0.39 is 17.3 Å². The van der Waals surface area contributed by atoms with E-state index >= 15 is 0 Å². The second-order valence-electron chi connectivity index (χ2n) is 7.20. The monoisotopic (exact) mass is 336 g/mol. The van der Waals surface area contributed by atoms with Crippen LogP contribution in [0.5, 0.6) is 0 Å². The molecule has 3 heterocycles. The van der Waals surface area contributed by atoms with Gasteiger partial charge in [0.2, 0.25) is 5.56 Å². The van der Waals surface area contributed by atoms with Crippen LogP contribution in [0, 0.1) is 0 Å². The van der Waals surface area contributed by atoms with Crippen molar-refractivity contribution in [1.29, 1.82) is 0 Å². The minimum absolute atomic E-state index is 0.108. The minimum atomic E-state index is -1.16. The van der Waals surface area contributed by atoms with Crippen LogP contribution < -0.4 is 5.56 Å². The number of rotatable bonds is 1. The first kappa shape index (κ1) is 17.1. The Labute approximate surface area is 140 Å². The van der Waals surface area contributed by atoms with Gasteiger partial charge in [-0.25, -0.2) is 0 Å². The third-order valence-electron chi connectivity index (χ3n) is 5.24. The highest BCUT2D eigenvalue weighted by Crippen LogP contribution is 2.39. The predicted octanol–water partition coefficient (Wildman–Crippen LogP) is -0.108.